The molecule has 2 aromatic carbocycles. The molecule has 0 aliphatic carbocycles. The summed E-state index contributed by atoms with van der Waals surface area (Å²) in [6.07, 6.45) is 3.64. The second-order valence-corrected chi connectivity index (χ2v) is 5.75. The quantitative estimate of drug-likeness (QED) is 0.442. The van der Waals surface area contributed by atoms with Gasteiger partial charge in [-0.05, 0) is 37.1 Å². The van der Waals surface area contributed by atoms with E-state index in [0.29, 0.717) is 0 Å². The maximum Gasteiger partial charge on any atom is 0.329 e. The molecule has 0 saturated heterocycles. The number of imidazole rings is 1. The van der Waals surface area contributed by atoms with Crippen LogP contribution < -0.4 is 15.8 Å². The normalized spacial score (nSPS) is 11.2. The SMILES string of the molecule is Cc1cccc(C)c1Nc1c2cncn2c2ccccc2[n+]1N. The maximum atomic E-state index is 6.41. The zero-order valence-corrected chi connectivity index (χ0v) is 13.1. The van der Waals surface area contributed by atoms with Gasteiger partial charge < -0.3 is 0 Å². The van der Waals surface area contributed by atoms with Crippen LogP contribution in [0.5, 0.6) is 0 Å². The van der Waals surface area contributed by atoms with Crippen LogP contribution in [0, 0.1) is 13.8 Å². The van der Waals surface area contributed by atoms with E-state index < -0.39 is 0 Å². The lowest BCUT2D eigenvalue weighted by atomic mass is 10.1. The van der Waals surface area contributed by atoms with Gasteiger partial charge >= 0.3 is 5.82 Å². The van der Waals surface area contributed by atoms with Crippen LogP contribution in [0.3, 0.4) is 0 Å². The zero-order chi connectivity index (χ0) is 16.0. The molecule has 3 N–H and O–H groups in total. The minimum Gasteiger partial charge on any atom is -0.288 e. The Bertz CT molecular complexity index is 1010. The van der Waals surface area contributed by atoms with Gasteiger partial charge in [-0.1, -0.05) is 30.3 Å². The molecule has 0 bridgehead atoms. The summed E-state index contributed by atoms with van der Waals surface area (Å²) in [5.41, 5.74) is 6.33. The molecule has 5 nitrogen and oxygen atoms in total. The van der Waals surface area contributed by atoms with Crippen LogP contribution in [0.1, 0.15) is 11.1 Å². The van der Waals surface area contributed by atoms with Gasteiger partial charge in [0.15, 0.2) is 11.0 Å². The van der Waals surface area contributed by atoms with Gasteiger partial charge in [0, 0.05) is 0 Å². The van der Waals surface area contributed by atoms with E-state index in [4.69, 9.17) is 5.84 Å². The van der Waals surface area contributed by atoms with Crippen molar-refractivity contribution in [3.63, 3.8) is 0 Å². The molecule has 0 amide bonds. The fourth-order valence-electron chi connectivity index (χ4n) is 3.03. The second kappa shape index (κ2) is 4.98. The molecule has 0 radical (unpaired) electrons. The Kier molecular flexibility index (Phi) is 2.94. The third-order valence-corrected chi connectivity index (χ3v) is 4.25. The van der Waals surface area contributed by atoms with Crippen molar-refractivity contribution in [1.82, 2.24) is 9.38 Å². The first-order valence-electron chi connectivity index (χ1n) is 7.54. The number of fused-ring (bicyclic) bond motifs is 3. The molecule has 0 unspecified atom stereocenters. The first kappa shape index (κ1) is 13.6. The fraction of sp³-hybridized carbons (Fsp3) is 0.111. The van der Waals surface area contributed by atoms with Crippen LogP contribution in [-0.2, 0) is 0 Å². The molecular formula is C18H18N5+. The average molecular weight is 304 g/mol. The van der Waals surface area contributed by atoms with Gasteiger partial charge in [0.25, 0.3) is 0 Å². The van der Waals surface area contributed by atoms with E-state index in [0.717, 1.165) is 28.1 Å². The van der Waals surface area contributed by atoms with Gasteiger partial charge in [-0.2, -0.15) is 0 Å². The summed E-state index contributed by atoms with van der Waals surface area (Å²) in [6, 6.07) is 14.3. The molecule has 0 aliphatic heterocycles. The van der Waals surface area contributed by atoms with E-state index >= 15 is 0 Å². The van der Waals surface area contributed by atoms with Crippen LogP contribution in [0.4, 0.5) is 11.5 Å². The second-order valence-electron chi connectivity index (χ2n) is 5.75. The van der Waals surface area contributed by atoms with Crippen molar-refractivity contribution < 1.29 is 4.68 Å². The Morgan fingerprint density at radius 3 is 2.52 bits per heavy atom. The van der Waals surface area contributed by atoms with Crippen LogP contribution in [0.25, 0.3) is 16.6 Å². The number of aromatic nitrogens is 3. The predicted molar refractivity (Wildman–Crippen MR) is 92.2 cm³/mol. The van der Waals surface area contributed by atoms with Crippen LogP contribution >= 0.6 is 0 Å². The van der Waals surface area contributed by atoms with E-state index in [9.17, 15) is 0 Å². The third-order valence-electron chi connectivity index (χ3n) is 4.25. The van der Waals surface area contributed by atoms with Crippen molar-refractivity contribution in [2.24, 2.45) is 0 Å². The summed E-state index contributed by atoms with van der Waals surface area (Å²) < 4.78 is 3.74. The minimum atomic E-state index is 0.818. The Morgan fingerprint density at radius 2 is 1.74 bits per heavy atom. The highest BCUT2D eigenvalue weighted by Crippen LogP contribution is 2.26. The smallest absolute Gasteiger partial charge is 0.288 e. The van der Waals surface area contributed by atoms with Gasteiger partial charge in [-0.3, -0.25) is 10.2 Å². The zero-order valence-electron chi connectivity index (χ0n) is 13.1. The van der Waals surface area contributed by atoms with Crippen LogP contribution in [0.15, 0.2) is 55.0 Å². The van der Waals surface area contributed by atoms with Gasteiger partial charge in [0.05, 0.1) is 11.7 Å². The van der Waals surface area contributed by atoms with E-state index in [1.807, 2.05) is 36.8 Å². The lowest BCUT2D eigenvalue weighted by Crippen LogP contribution is -2.47. The van der Waals surface area contributed by atoms with E-state index in [1.54, 1.807) is 4.68 Å². The number of rotatable bonds is 2. The lowest BCUT2D eigenvalue weighted by Gasteiger charge is -2.11. The Hall–Kier alpha value is -3.08. The van der Waals surface area contributed by atoms with Crippen molar-refractivity contribution in [2.45, 2.75) is 13.8 Å². The highest BCUT2D eigenvalue weighted by Gasteiger charge is 2.21. The van der Waals surface area contributed by atoms with E-state index in [2.05, 4.69) is 46.7 Å². The predicted octanol–water partition coefficient (Wildman–Crippen LogP) is 2.85. The van der Waals surface area contributed by atoms with Crippen molar-refractivity contribution in [3.05, 3.63) is 66.1 Å². The van der Waals surface area contributed by atoms with Crippen LogP contribution in [0.2, 0.25) is 0 Å². The molecule has 0 spiro atoms. The third kappa shape index (κ3) is 2.01. The Balaban J connectivity index is 2.02. The van der Waals surface area contributed by atoms with E-state index in [1.165, 1.54) is 11.1 Å². The van der Waals surface area contributed by atoms with Crippen molar-refractivity contribution in [2.75, 3.05) is 11.2 Å². The number of hydrogen-bond donors (Lipinski definition) is 2. The van der Waals surface area contributed by atoms with Gasteiger partial charge in [0.1, 0.15) is 12.0 Å². The summed E-state index contributed by atoms with van der Waals surface area (Å²) in [7, 11) is 0. The molecule has 0 fully saturated rings. The molecule has 0 atom stereocenters. The number of benzene rings is 2. The maximum absolute atomic E-state index is 6.41. The molecular weight excluding hydrogens is 286 g/mol. The highest BCUT2D eigenvalue weighted by molar-refractivity contribution is 5.82. The van der Waals surface area contributed by atoms with E-state index in [-0.39, 0.29) is 0 Å². The minimum absolute atomic E-state index is 0.818. The number of nitrogens with zero attached hydrogens (tertiary/aromatic N) is 3. The highest BCUT2D eigenvalue weighted by atomic mass is 15.3. The summed E-state index contributed by atoms with van der Waals surface area (Å²) in [5, 5.41) is 3.51. The summed E-state index contributed by atoms with van der Waals surface area (Å²) in [5.74, 6) is 7.22. The average Bonchev–Trinajstić information content (AvgIpc) is 3.03. The first-order valence-corrected chi connectivity index (χ1v) is 7.54. The monoisotopic (exact) mass is 304 g/mol. The summed E-state index contributed by atoms with van der Waals surface area (Å²) in [4.78, 5) is 4.29. The largest absolute Gasteiger partial charge is 0.329 e. The molecule has 114 valence electrons. The lowest BCUT2D eigenvalue weighted by molar-refractivity contribution is -0.595. The topological polar surface area (TPSA) is 59.2 Å². The number of nitrogens with one attached hydrogen (secondary N) is 1. The number of nitrogens with two attached hydrogens (primary N) is 1. The number of anilines is 2. The molecule has 5 heteroatoms. The number of hydrogen-bond acceptors (Lipinski definition) is 3. The fourth-order valence-corrected chi connectivity index (χ4v) is 3.03. The molecule has 23 heavy (non-hydrogen) atoms. The summed E-state index contributed by atoms with van der Waals surface area (Å²) >= 11 is 0. The molecule has 2 heterocycles. The summed E-state index contributed by atoms with van der Waals surface area (Å²) in [6.45, 7) is 4.18. The van der Waals surface area contributed by atoms with Gasteiger partial charge in [0.2, 0.25) is 0 Å². The van der Waals surface area contributed by atoms with Crippen LogP contribution in [-0.4, -0.2) is 9.38 Å². The van der Waals surface area contributed by atoms with Crippen molar-refractivity contribution in [1.29, 1.82) is 0 Å². The van der Waals surface area contributed by atoms with Crippen molar-refractivity contribution in [3.8, 4) is 0 Å². The van der Waals surface area contributed by atoms with Gasteiger partial charge in [-0.25, -0.2) is 10.3 Å². The first-order chi connectivity index (χ1) is 11.2. The van der Waals surface area contributed by atoms with Gasteiger partial charge in [-0.15, -0.1) is 4.68 Å². The molecule has 2 aromatic heterocycles. The Labute approximate surface area is 134 Å². The number of nitrogen functional groups attached to an aromatic ring is 1. The molecule has 4 rings (SSSR count). The molecule has 0 aliphatic rings. The number of aryl methyl sites for hydroxylation is 2. The molecule has 0 saturated carbocycles. The molecule has 4 aromatic rings. The van der Waals surface area contributed by atoms with Crippen molar-refractivity contribution >= 4 is 28.1 Å². The Morgan fingerprint density at radius 1 is 1.00 bits per heavy atom. The number of para-hydroxylation sites is 3. The standard InChI is InChI=1S/C18H17N5/c1-12-6-5-7-13(2)17(12)21-18-16-10-20-11-22(16)14-8-3-4-9-15(14)23(18)19/h3-11H,19H2,1-2H3/p+1.